The molecule has 3 nitrogen and oxygen atoms in total. The van der Waals surface area contributed by atoms with Crippen LogP contribution in [0.4, 0.5) is 0 Å². The predicted octanol–water partition coefficient (Wildman–Crippen LogP) is 4.56. The molecule has 1 unspecified atom stereocenters. The SMILES string of the molecule is COc1ccc2c(C)c(C(N)c3cccc(Br)c3)oc2c1. The molecule has 0 spiro atoms. The highest BCUT2D eigenvalue weighted by molar-refractivity contribution is 9.10. The molecule has 1 aromatic heterocycles. The highest BCUT2D eigenvalue weighted by Gasteiger charge is 2.19. The molecule has 0 aliphatic rings. The molecular weight excluding hydrogens is 330 g/mol. The van der Waals surface area contributed by atoms with E-state index in [-0.39, 0.29) is 6.04 Å². The minimum atomic E-state index is -0.291. The molecule has 0 saturated carbocycles. The van der Waals surface area contributed by atoms with Gasteiger partial charge < -0.3 is 14.9 Å². The second-order valence-corrected chi connectivity index (χ2v) is 5.90. The number of rotatable bonds is 3. The van der Waals surface area contributed by atoms with Crippen LogP contribution in [0.25, 0.3) is 11.0 Å². The van der Waals surface area contributed by atoms with Gasteiger partial charge in [0.2, 0.25) is 0 Å². The van der Waals surface area contributed by atoms with E-state index in [2.05, 4.69) is 15.9 Å². The van der Waals surface area contributed by atoms with Crippen LogP contribution in [-0.4, -0.2) is 7.11 Å². The van der Waals surface area contributed by atoms with E-state index in [1.165, 1.54) is 0 Å². The lowest BCUT2D eigenvalue weighted by Crippen LogP contribution is -2.11. The Morgan fingerprint density at radius 1 is 1.19 bits per heavy atom. The van der Waals surface area contributed by atoms with E-state index in [1.807, 2.05) is 49.4 Å². The third kappa shape index (κ3) is 2.57. The molecule has 2 N–H and O–H groups in total. The number of hydrogen-bond donors (Lipinski definition) is 1. The minimum Gasteiger partial charge on any atom is -0.497 e. The number of nitrogens with two attached hydrogens (primary N) is 1. The molecule has 0 bridgehead atoms. The minimum absolute atomic E-state index is 0.291. The molecule has 0 amide bonds. The van der Waals surface area contributed by atoms with Crippen molar-refractivity contribution in [2.75, 3.05) is 7.11 Å². The Hall–Kier alpha value is -1.78. The molecule has 1 heterocycles. The summed E-state index contributed by atoms with van der Waals surface area (Å²) in [5.41, 5.74) is 9.26. The molecule has 0 aliphatic carbocycles. The van der Waals surface area contributed by atoms with E-state index in [4.69, 9.17) is 14.9 Å². The number of ether oxygens (including phenoxy) is 1. The summed E-state index contributed by atoms with van der Waals surface area (Å²) in [4.78, 5) is 0. The summed E-state index contributed by atoms with van der Waals surface area (Å²) < 4.78 is 12.2. The Bertz CT molecular complexity index is 795. The molecule has 0 radical (unpaired) electrons. The number of fused-ring (bicyclic) bond motifs is 1. The summed E-state index contributed by atoms with van der Waals surface area (Å²) in [5, 5.41) is 1.07. The molecule has 0 saturated heterocycles. The molecule has 0 aliphatic heterocycles. The Morgan fingerprint density at radius 2 is 2.00 bits per heavy atom. The number of halogens is 1. The number of methoxy groups -OCH3 is 1. The van der Waals surface area contributed by atoms with Crippen molar-refractivity contribution >= 4 is 26.9 Å². The van der Waals surface area contributed by atoms with Crippen molar-refractivity contribution in [1.82, 2.24) is 0 Å². The Kier molecular flexibility index (Phi) is 3.74. The van der Waals surface area contributed by atoms with Crippen molar-refractivity contribution < 1.29 is 9.15 Å². The highest BCUT2D eigenvalue weighted by Crippen LogP contribution is 2.33. The van der Waals surface area contributed by atoms with Crippen molar-refractivity contribution in [3.8, 4) is 5.75 Å². The highest BCUT2D eigenvalue weighted by atomic mass is 79.9. The lowest BCUT2D eigenvalue weighted by Gasteiger charge is -2.10. The molecular formula is C17H16BrNO2. The maximum Gasteiger partial charge on any atom is 0.138 e. The monoisotopic (exact) mass is 345 g/mol. The fourth-order valence-corrected chi connectivity index (χ4v) is 2.92. The molecule has 3 rings (SSSR count). The average molecular weight is 346 g/mol. The van der Waals surface area contributed by atoms with Crippen LogP contribution in [0.1, 0.15) is 22.9 Å². The summed E-state index contributed by atoms with van der Waals surface area (Å²) in [6, 6.07) is 13.5. The Labute approximate surface area is 131 Å². The lowest BCUT2D eigenvalue weighted by molar-refractivity contribution is 0.414. The van der Waals surface area contributed by atoms with Gasteiger partial charge in [-0.3, -0.25) is 0 Å². The topological polar surface area (TPSA) is 48.4 Å². The Morgan fingerprint density at radius 3 is 2.71 bits per heavy atom. The van der Waals surface area contributed by atoms with Crippen LogP contribution in [0.5, 0.6) is 5.75 Å². The van der Waals surface area contributed by atoms with E-state index in [0.717, 1.165) is 38.1 Å². The smallest absolute Gasteiger partial charge is 0.138 e. The van der Waals surface area contributed by atoms with Gasteiger partial charge in [0.1, 0.15) is 17.1 Å². The number of furan rings is 1. The number of hydrogen-bond acceptors (Lipinski definition) is 3. The van der Waals surface area contributed by atoms with E-state index < -0.39 is 0 Å². The third-order valence-corrected chi connectivity index (χ3v) is 4.17. The first-order chi connectivity index (χ1) is 10.1. The van der Waals surface area contributed by atoms with Crippen molar-refractivity contribution in [3.63, 3.8) is 0 Å². The van der Waals surface area contributed by atoms with Gasteiger partial charge in [-0.05, 0) is 36.8 Å². The molecule has 3 aromatic rings. The molecule has 4 heteroatoms. The lowest BCUT2D eigenvalue weighted by atomic mass is 10.0. The molecule has 21 heavy (non-hydrogen) atoms. The summed E-state index contributed by atoms with van der Waals surface area (Å²) in [5.74, 6) is 1.56. The Balaban J connectivity index is 2.09. The second kappa shape index (κ2) is 5.54. The number of benzene rings is 2. The van der Waals surface area contributed by atoms with Crippen molar-refractivity contribution in [2.24, 2.45) is 5.73 Å². The van der Waals surface area contributed by atoms with Gasteiger partial charge >= 0.3 is 0 Å². The average Bonchev–Trinajstić information content (AvgIpc) is 2.83. The van der Waals surface area contributed by atoms with Crippen molar-refractivity contribution in [1.29, 1.82) is 0 Å². The zero-order valence-corrected chi connectivity index (χ0v) is 13.5. The zero-order valence-electron chi connectivity index (χ0n) is 11.9. The quantitative estimate of drug-likeness (QED) is 0.756. The van der Waals surface area contributed by atoms with Crippen molar-refractivity contribution in [2.45, 2.75) is 13.0 Å². The van der Waals surface area contributed by atoms with Crippen molar-refractivity contribution in [3.05, 3.63) is 63.8 Å². The van der Waals surface area contributed by atoms with Crippen LogP contribution in [0.2, 0.25) is 0 Å². The van der Waals surface area contributed by atoms with Crippen LogP contribution in [0.3, 0.4) is 0 Å². The van der Waals surface area contributed by atoms with E-state index >= 15 is 0 Å². The standard InChI is InChI=1S/C17H16BrNO2/c1-10-14-7-6-13(20-2)9-15(14)21-17(10)16(19)11-4-3-5-12(18)8-11/h3-9,16H,19H2,1-2H3. The zero-order chi connectivity index (χ0) is 15.0. The van der Waals surface area contributed by atoms with Gasteiger partial charge in [-0.1, -0.05) is 28.1 Å². The fourth-order valence-electron chi connectivity index (χ4n) is 2.50. The first-order valence-electron chi connectivity index (χ1n) is 6.68. The van der Waals surface area contributed by atoms with Crippen LogP contribution in [0.15, 0.2) is 51.4 Å². The summed E-state index contributed by atoms with van der Waals surface area (Å²) in [6.45, 7) is 2.03. The number of aryl methyl sites for hydroxylation is 1. The van der Waals surface area contributed by atoms with E-state index in [9.17, 15) is 0 Å². The molecule has 1 atom stereocenters. The van der Waals surface area contributed by atoms with Crippen LogP contribution in [-0.2, 0) is 0 Å². The fraction of sp³-hybridized carbons (Fsp3) is 0.176. The van der Waals surface area contributed by atoms with Gasteiger partial charge in [-0.15, -0.1) is 0 Å². The van der Waals surface area contributed by atoms with Gasteiger partial charge in [0.25, 0.3) is 0 Å². The molecule has 108 valence electrons. The van der Waals surface area contributed by atoms with Gasteiger partial charge in [-0.2, -0.15) is 0 Å². The van der Waals surface area contributed by atoms with Crippen LogP contribution >= 0.6 is 15.9 Å². The summed E-state index contributed by atoms with van der Waals surface area (Å²) in [7, 11) is 1.64. The third-order valence-electron chi connectivity index (χ3n) is 3.67. The van der Waals surface area contributed by atoms with Gasteiger partial charge in [0.05, 0.1) is 13.2 Å². The summed E-state index contributed by atoms with van der Waals surface area (Å²) in [6.07, 6.45) is 0. The first-order valence-corrected chi connectivity index (χ1v) is 7.47. The maximum atomic E-state index is 6.37. The predicted molar refractivity (Wildman–Crippen MR) is 87.7 cm³/mol. The van der Waals surface area contributed by atoms with Crippen LogP contribution in [0, 0.1) is 6.92 Å². The first kappa shape index (κ1) is 14.2. The largest absolute Gasteiger partial charge is 0.497 e. The van der Waals surface area contributed by atoms with Gasteiger partial charge in [0.15, 0.2) is 0 Å². The van der Waals surface area contributed by atoms with E-state index in [0.29, 0.717) is 0 Å². The van der Waals surface area contributed by atoms with Crippen LogP contribution < -0.4 is 10.5 Å². The summed E-state index contributed by atoms with van der Waals surface area (Å²) >= 11 is 3.47. The normalized spacial score (nSPS) is 12.6. The maximum absolute atomic E-state index is 6.37. The van der Waals surface area contributed by atoms with Gasteiger partial charge in [0, 0.05) is 21.5 Å². The second-order valence-electron chi connectivity index (χ2n) is 4.99. The van der Waals surface area contributed by atoms with E-state index in [1.54, 1.807) is 7.11 Å². The molecule has 2 aromatic carbocycles. The molecule has 0 fully saturated rings. The van der Waals surface area contributed by atoms with Gasteiger partial charge in [-0.25, -0.2) is 0 Å².